The van der Waals surface area contributed by atoms with E-state index in [1.54, 1.807) is 18.4 Å². The minimum absolute atomic E-state index is 0.451. The number of rotatable bonds is 25. The van der Waals surface area contributed by atoms with Crippen LogP contribution in [0.2, 0.25) is 0 Å². The first-order valence-electron chi connectivity index (χ1n) is 22.4. The summed E-state index contributed by atoms with van der Waals surface area (Å²) >= 11 is 0. The predicted octanol–water partition coefficient (Wildman–Crippen LogP) is 13.5. The molecule has 4 fully saturated rings. The Morgan fingerprint density at radius 3 is 2.24 bits per heavy atom. The van der Waals surface area contributed by atoms with Crippen LogP contribution in [-0.4, -0.2) is 39.1 Å². The van der Waals surface area contributed by atoms with Crippen molar-refractivity contribution >= 4 is 0 Å². The van der Waals surface area contributed by atoms with Gasteiger partial charge in [-0.2, -0.15) is 0 Å². The second kappa shape index (κ2) is 20.2. The third kappa shape index (κ3) is 10.3. The normalized spacial score (nSPS) is 34.7. The molecule has 0 saturated heterocycles. The molecule has 8 atom stereocenters. The Bertz CT molecular complexity index is 1030. The Morgan fingerprint density at radius 1 is 0.740 bits per heavy atom. The van der Waals surface area contributed by atoms with Crippen LogP contribution in [0.25, 0.3) is 0 Å². The molecule has 0 aromatic heterocycles. The van der Waals surface area contributed by atoms with Crippen molar-refractivity contribution in [1.29, 1.82) is 0 Å². The highest BCUT2D eigenvalue weighted by Crippen LogP contribution is 2.77. The Balaban J connectivity index is 0.876. The quantitative estimate of drug-likeness (QED) is 0.0703. The van der Waals surface area contributed by atoms with E-state index in [1.807, 2.05) is 0 Å². The van der Waals surface area contributed by atoms with Gasteiger partial charge in [0.2, 0.25) is 0 Å². The number of hydrogen-bond donors (Lipinski definition) is 0. The van der Waals surface area contributed by atoms with Crippen molar-refractivity contribution in [3.05, 3.63) is 23.8 Å². The van der Waals surface area contributed by atoms with Crippen LogP contribution in [-0.2, 0) is 14.2 Å². The molecule has 2 unspecified atom stereocenters. The summed E-state index contributed by atoms with van der Waals surface area (Å²) in [6.45, 7) is 16.8. The zero-order chi connectivity index (χ0) is 35.3. The van der Waals surface area contributed by atoms with Gasteiger partial charge in [-0.3, -0.25) is 0 Å². The molecule has 288 valence electrons. The fourth-order valence-electron chi connectivity index (χ4n) is 12.5. The van der Waals surface area contributed by atoms with Crippen molar-refractivity contribution in [3.63, 3.8) is 0 Å². The van der Waals surface area contributed by atoms with Gasteiger partial charge in [0.05, 0.1) is 6.10 Å². The van der Waals surface area contributed by atoms with Gasteiger partial charge in [0.25, 0.3) is 0 Å². The lowest BCUT2D eigenvalue weighted by Gasteiger charge is -2.67. The maximum absolute atomic E-state index is 6.55. The largest absolute Gasteiger partial charge is 0.381 e. The second-order valence-electron chi connectivity index (χ2n) is 19.0. The molecule has 4 saturated carbocycles. The van der Waals surface area contributed by atoms with Crippen LogP contribution in [0.15, 0.2) is 23.8 Å². The number of fused-ring (bicyclic) bond motifs is 4. The topological polar surface area (TPSA) is 27.7 Å². The molecule has 5 aliphatic carbocycles. The van der Waals surface area contributed by atoms with Gasteiger partial charge in [0.15, 0.2) is 0 Å². The van der Waals surface area contributed by atoms with E-state index in [2.05, 4.69) is 52.8 Å². The highest BCUT2D eigenvalue weighted by atomic mass is 16.5. The van der Waals surface area contributed by atoms with Crippen molar-refractivity contribution in [2.75, 3.05) is 33.0 Å². The second-order valence-corrected chi connectivity index (χ2v) is 19.0. The van der Waals surface area contributed by atoms with Crippen LogP contribution >= 0.6 is 0 Å². The van der Waals surface area contributed by atoms with Crippen molar-refractivity contribution in [2.45, 2.75) is 195 Å². The summed E-state index contributed by atoms with van der Waals surface area (Å²) in [6, 6.07) is 0. The molecule has 5 aliphatic rings. The van der Waals surface area contributed by atoms with Gasteiger partial charge in [0, 0.05) is 33.0 Å². The summed E-state index contributed by atoms with van der Waals surface area (Å²) < 4.78 is 18.2. The molecular weight excluding hydrogens is 613 g/mol. The number of hydrogen-bond acceptors (Lipinski definition) is 3. The van der Waals surface area contributed by atoms with E-state index in [-0.39, 0.29) is 0 Å². The first-order valence-corrected chi connectivity index (χ1v) is 22.4. The van der Waals surface area contributed by atoms with Crippen molar-refractivity contribution in [3.8, 4) is 0 Å². The monoisotopic (exact) mass is 695 g/mol. The molecule has 0 radical (unpaired) electrons. The van der Waals surface area contributed by atoms with E-state index >= 15 is 0 Å². The Labute approximate surface area is 310 Å². The van der Waals surface area contributed by atoms with Gasteiger partial charge in [0.1, 0.15) is 0 Å². The zero-order valence-electron chi connectivity index (χ0n) is 33.9. The summed E-state index contributed by atoms with van der Waals surface area (Å²) in [5.41, 5.74) is 3.62. The van der Waals surface area contributed by atoms with E-state index in [0.29, 0.717) is 16.9 Å². The molecule has 0 aromatic rings. The minimum atomic E-state index is 0.451. The Kier molecular flexibility index (Phi) is 16.3. The Hall–Kier alpha value is -0.640. The summed E-state index contributed by atoms with van der Waals surface area (Å²) in [7, 11) is 0. The molecule has 0 heterocycles. The fraction of sp³-hybridized carbons (Fsp3) is 0.915. The third-order valence-corrected chi connectivity index (χ3v) is 15.0. The molecule has 3 heteroatoms. The van der Waals surface area contributed by atoms with Crippen LogP contribution in [0, 0.1) is 45.8 Å². The molecule has 1 spiro atoms. The van der Waals surface area contributed by atoms with Crippen molar-refractivity contribution < 1.29 is 14.2 Å². The van der Waals surface area contributed by atoms with Crippen LogP contribution < -0.4 is 0 Å². The number of ether oxygens (including phenoxy) is 3. The maximum atomic E-state index is 6.55. The molecule has 0 amide bonds. The van der Waals surface area contributed by atoms with Crippen molar-refractivity contribution in [2.24, 2.45) is 45.8 Å². The molecule has 3 nitrogen and oxygen atoms in total. The van der Waals surface area contributed by atoms with Gasteiger partial charge >= 0.3 is 0 Å². The average molecular weight is 695 g/mol. The van der Waals surface area contributed by atoms with E-state index in [4.69, 9.17) is 14.2 Å². The number of unbranched alkanes of at least 4 members (excludes halogenated alkanes) is 8. The van der Waals surface area contributed by atoms with E-state index in [9.17, 15) is 0 Å². The first kappa shape index (κ1) is 40.5. The smallest absolute Gasteiger partial charge is 0.0612 e. The van der Waals surface area contributed by atoms with Gasteiger partial charge in [-0.1, -0.05) is 103 Å². The average Bonchev–Trinajstić information content (AvgIpc) is 3.43. The van der Waals surface area contributed by atoms with Crippen LogP contribution in [0.5, 0.6) is 0 Å². The molecule has 0 bridgehead atoms. The van der Waals surface area contributed by atoms with Gasteiger partial charge in [-0.15, -0.1) is 0 Å². The lowest BCUT2D eigenvalue weighted by molar-refractivity contribution is -0.175. The van der Waals surface area contributed by atoms with E-state index in [1.165, 1.54) is 122 Å². The molecule has 0 aromatic carbocycles. The van der Waals surface area contributed by atoms with Gasteiger partial charge in [-0.05, 0) is 155 Å². The van der Waals surface area contributed by atoms with E-state index < -0.39 is 0 Å². The first-order chi connectivity index (χ1) is 24.3. The van der Waals surface area contributed by atoms with Crippen molar-refractivity contribution in [1.82, 2.24) is 0 Å². The lowest BCUT2D eigenvalue weighted by atomic mass is 9.37. The van der Waals surface area contributed by atoms with Crippen LogP contribution in [0.3, 0.4) is 0 Å². The number of allylic oxidation sites excluding steroid dienone is 3. The molecule has 0 N–H and O–H groups in total. The molecular formula is C47H82O3. The van der Waals surface area contributed by atoms with Crippen LogP contribution in [0.1, 0.15) is 189 Å². The van der Waals surface area contributed by atoms with Gasteiger partial charge in [-0.25, -0.2) is 0 Å². The SMILES string of the molecule is CCCCC/C=C\CCCOCCCOCCCCCCCO[C@H]1CC[C@@]2(C)C(=CC[C@H]3C4CC[C@@H]5[C@](C)(CCCC(C)C)C[C@]45CCC32)C1. The van der Waals surface area contributed by atoms with Gasteiger partial charge < -0.3 is 14.2 Å². The standard InChI is InChI=1S/C47H82O3/c1-6-7-8-9-10-11-13-16-31-48-33-20-34-49-32-17-14-12-15-18-35-50-40-26-29-46(5)39(36-40)22-23-41-42(46)27-30-47-37-45(4,28-19-21-38(2)3)44(47)25-24-43(41)47/h10-11,22,38,40-44H,6-9,12-21,23-37H2,1-5H3/b11-10-/t40-,41+,42?,43?,44+,45+,46-,47+/m0/s1. The summed E-state index contributed by atoms with van der Waals surface area (Å²) in [5, 5.41) is 0. The molecule has 5 rings (SSSR count). The summed E-state index contributed by atoms with van der Waals surface area (Å²) in [6.07, 6.45) is 40.0. The highest BCUT2D eigenvalue weighted by Gasteiger charge is 2.69. The molecule has 0 aliphatic heterocycles. The highest BCUT2D eigenvalue weighted by molar-refractivity contribution is 5.27. The predicted molar refractivity (Wildman–Crippen MR) is 213 cm³/mol. The summed E-state index contributed by atoms with van der Waals surface area (Å²) in [5.74, 6) is 4.81. The molecule has 50 heavy (non-hydrogen) atoms. The minimum Gasteiger partial charge on any atom is -0.381 e. The van der Waals surface area contributed by atoms with Crippen LogP contribution in [0.4, 0.5) is 0 Å². The zero-order valence-corrected chi connectivity index (χ0v) is 33.9. The maximum Gasteiger partial charge on any atom is 0.0612 e. The third-order valence-electron chi connectivity index (χ3n) is 15.0. The fourth-order valence-corrected chi connectivity index (χ4v) is 12.5. The Morgan fingerprint density at radius 2 is 1.46 bits per heavy atom. The lowest BCUT2D eigenvalue weighted by Crippen LogP contribution is -2.60. The van der Waals surface area contributed by atoms with E-state index in [0.717, 1.165) is 87.3 Å². The summed E-state index contributed by atoms with van der Waals surface area (Å²) in [4.78, 5) is 0.